The van der Waals surface area contributed by atoms with Crippen LogP contribution in [-0.4, -0.2) is 25.3 Å². The van der Waals surface area contributed by atoms with Crippen LogP contribution in [0, 0.1) is 0 Å². The van der Waals surface area contributed by atoms with Gasteiger partial charge in [0.15, 0.2) is 0 Å². The largest absolute Gasteiger partial charge is 0.463 e. The first-order valence-corrected chi connectivity index (χ1v) is 5.73. The maximum Gasteiger partial charge on any atom is 0.412 e. The van der Waals surface area contributed by atoms with Gasteiger partial charge in [-0.3, -0.25) is 5.32 Å². The van der Waals surface area contributed by atoms with E-state index in [-0.39, 0.29) is 18.9 Å². The third kappa shape index (κ3) is 6.11. The van der Waals surface area contributed by atoms with Crippen molar-refractivity contribution in [3.63, 3.8) is 0 Å². The number of nitrogens with one attached hydrogen (secondary N) is 1. The molecule has 0 fully saturated rings. The number of para-hydroxylation sites is 1. The molecule has 0 aliphatic heterocycles. The minimum atomic E-state index is -0.647. The quantitative estimate of drug-likeness (QED) is 0.623. The summed E-state index contributed by atoms with van der Waals surface area (Å²) in [5.74, 6) is -0.563. The monoisotopic (exact) mass is 264 g/mol. The summed E-state index contributed by atoms with van der Waals surface area (Å²) in [7, 11) is 0. The molecule has 102 valence electrons. The summed E-state index contributed by atoms with van der Waals surface area (Å²) in [5.41, 5.74) is 6.23. The molecule has 0 spiro atoms. The molecule has 0 bridgehead atoms. The molecule has 6 heteroatoms. The number of anilines is 1. The van der Waals surface area contributed by atoms with Crippen LogP contribution in [0.1, 0.15) is 6.92 Å². The van der Waals surface area contributed by atoms with Crippen molar-refractivity contribution in [2.45, 2.75) is 6.92 Å². The number of benzene rings is 1. The van der Waals surface area contributed by atoms with Crippen LogP contribution in [0.25, 0.3) is 0 Å². The SMILES string of the molecule is CCOC(=O)/C=C(\N)COC(=O)Nc1ccccc1. The Morgan fingerprint density at radius 3 is 2.58 bits per heavy atom. The third-order valence-electron chi connectivity index (χ3n) is 1.98. The highest BCUT2D eigenvalue weighted by atomic mass is 16.5. The van der Waals surface area contributed by atoms with Gasteiger partial charge in [0.2, 0.25) is 0 Å². The maximum absolute atomic E-state index is 11.4. The second-order valence-electron chi connectivity index (χ2n) is 3.54. The van der Waals surface area contributed by atoms with Crippen molar-refractivity contribution >= 4 is 17.7 Å². The van der Waals surface area contributed by atoms with Crippen LogP contribution in [0.4, 0.5) is 10.5 Å². The molecule has 0 atom stereocenters. The van der Waals surface area contributed by atoms with Crippen LogP contribution in [0.3, 0.4) is 0 Å². The first kappa shape index (κ1) is 14.6. The molecule has 0 radical (unpaired) electrons. The van der Waals surface area contributed by atoms with Crippen LogP contribution in [0.15, 0.2) is 42.1 Å². The van der Waals surface area contributed by atoms with Gasteiger partial charge in [-0.05, 0) is 19.1 Å². The lowest BCUT2D eigenvalue weighted by atomic mass is 10.3. The van der Waals surface area contributed by atoms with Crippen LogP contribution in [-0.2, 0) is 14.3 Å². The van der Waals surface area contributed by atoms with Crippen molar-refractivity contribution < 1.29 is 19.1 Å². The van der Waals surface area contributed by atoms with Gasteiger partial charge < -0.3 is 15.2 Å². The van der Waals surface area contributed by atoms with Crippen LogP contribution in [0.2, 0.25) is 0 Å². The second kappa shape index (κ2) is 7.75. The summed E-state index contributed by atoms with van der Waals surface area (Å²) in [6, 6.07) is 8.84. The Labute approximate surface area is 111 Å². The van der Waals surface area contributed by atoms with Gasteiger partial charge >= 0.3 is 12.1 Å². The average molecular weight is 264 g/mol. The highest BCUT2D eigenvalue weighted by Gasteiger charge is 2.04. The topological polar surface area (TPSA) is 90.7 Å². The summed E-state index contributed by atoms with van der Waals surface area (Å²) in [6.45, 7) is 1.77. The molecular weight excluding hydrogens is 248 g/mol. The van der Waals surface area contributed by atoms with Gasteiger partial charge in [-0.1, -0.05) is 18.2 Å². The number of rotatable bonds is 5. The van der Waals surface area contributed by atoms with Crippen LogP contribution < -0.4 is 11.1 Å². The lowest BCUT2D eigenvalue weighted by Gasteiger charge is -2.06. The predicted octanol–water partition coefficient (Wildman–Crippen LogP) is 1.64. The van der Waals surface area contributed by atoms with E-state index in [1.54, 1.807) is 31.2 Å². The number of hydrogen-bond donors (Lipinski definition) is 2. The van der Waals surface area contributed by atoms with Gasteiger partial charge in [-0.15, -0.1) is 0 Å². The zero-order valence-electron chi connectivity index (χ0n) is 10.6. The van der Waals surface area contributed by atoms with Gasteiger partial charge in [0, 0.05) is 11.8 Å². The molecule has 0 saturated carbocycles. The van der Waals surface area contributed by atoms with E-state index < -0.39 is 12.1 Å². The Hall–Kier alpha value is -2.50. The third-order valence-corrected chi connectivity index (χ3v) is 1.98. The Bertz CT molecular complexity index is 457. The van der Waals surface area contributed by atoms with Crippen molar-refractivity contribution in [3.8, 4) is 0 Å². The fraction of sp³-hybridized carbons (Fsp3) is 0.231. The summed E-state index contributed by atoms with van der Waals surface area (Å²) < 4.78 is 9.50. The van der Waals surface area contributed by atoms with Crippen LogP contribution >= 0.6 is 0 Å². The van der Waals surface area contributed by atoms with Gasteiger partial charge in [0.1, 0.15) is 6.61 Å². The molecule has 0 saturated heterocycles. The molecule has 1 amide bonds. The van der Waals surface area contributed by atoms with E-state index in [9.17, 15) is 9.59 Å². The van der Waals surface area contributed by atoms with Crippen molar-refractivity contribution in [3.05, 3.63) is 42.1 Å². The smallest absolute Gasteiger partial charge is 0.412 e. The zero-order valence-corrected chi connectivity index (χ0v) is 10.6. The van der Waals surface area contributed by atoms with Gasteiger partial charge in [0.05, 0.1) is 12.3 Å². The normalized spacial score (nSPS) is 10.7. The van der Waals surface area contributed by atoms with E-state index in [0.29, 0.717) is 5.69 Å². The molecule has 0 aromatic heterocycles. The number of ether oxygens (including phenoxy) is 2. The fourth-order valence-corrected chi connectivity index (χ4v) is 1.20. The minimum absolute atomic E-state index is 0.113. The summed E-state index contributed by atoms with van der Waals surface area (Å²) in [4.78, 5) is 22.5. The molecule has 3 N–H and O–H groups in total. The molecule has 0 aliphatic rings. The number of carbonyl (C=O) groups is 2. The molecular formula is C13H16N2O4. The molecule has 0 unspecified atom stereocenters. The molecule has 1 aromatic rings. The molecule has 1 rings (SSSR count). The predicted molar refractivity (Wildman–Crippen MR) is 70.3 cm³/mol. The molecule has 0 aliphatic carbocycles. The van der Waals surface area contributed by atoms with E-state index >= 15 is 0 Å². The number of carbonyl (C=O) groups excluding carboxylic acids is 2. The fourth-order valence-electron chi connectivity index (χ4n) is 1.20. The van der Waals surface area contributed by atoms with E-state index in [1.165, 1.54) is 0 Å². The average Bonchev–Trinajstić information content (AvgIpc) is 2.38. The first-order chi connectivity index (χ1) is 9.11. The van der Waals surface area contributed by atoms with E-state index in [2.05, 4.69) is 10.1 Å². The molecule has 19 heavy (non-hydrogen) atoms. The zero-order chi connectivity index (χ0) is 14.1. The maximum atomic E-state index is 11.4. The van der Waals surface area contributed by atoms with E-state index in [0.717, 1.165) is 6.08 Å². The summed E-state index contributed by atoms with van der Waals surface area (Å²) in [6.07, 6.45) is 0.436. The second-order valence-corrected chi connectivity index (χ2v) is 3.54. The van der Waals surface area contributed by atoms with Crippen molar-refractivity contribution in [2.75, 3.05) is 18.5 Å². The Balaban J connectivity index is 2.36. The summed E-state index contributed by atoms with van der Waals surface area (Å²) >= 11 is 0. The summed E-state index contributed by atoms with van der Waals surface area (Å²) in [5, 5.41) is 2.52. The van der Waals surface area contributed by atoms with Crippen LogP contribution in [0.5, 0.6) is 0 Å². The first-order valence-electron chi connectivity index (χ1n) is 5.73. The van der Waals surface area contributed by atoms with E-state index in [4.69, 9.17) is 10.5 Å². The Morgan fingerprint density at radius 2 is 1.95 bits per heavy atom. The van der Waals surface area contributed by atoms with E-state index in [1.807, 2.05) is 6.07 Å². The lowest BCUT2D eigenvalue weighted by molar-refractivity contribution is -0.137. The van der Waals surface area contributed by atoms with Crippen molar-refractivity contribution in [1.82, 2.24) is 0 Å². The highest BCUT2D eigenvalue weighted by Crippen LogP contribution is 2.05. The molecule has 0 heterocycles. The van der Waals surface area contributed by atoms with Gasteiger partial charge in [-0.2, -0.15) is 0 Å². The highest BCUT2D eigenvalue weighted by molar-refractivity contribution is 5.85. The molecule has 6 nitrogen and oxygen atoms in total. The number of amides is 1. The standard InChI is InChI=1S/C13H16N2O4/c1-2-18-12(16)8-10(14)9-19-13(17)15-11-6-4-3-5-7-11/h3-8H,2,9,14H2,1H3,(H,15,17)/b10-8-. The van der Waals surface area contributed by atoms with Crippen molar-refractivity contribution in [2.24, 2.45) is 5.73 Å². The molecule has 1 aromatic carbocycles. The van der Waals surface area contributed by atoms with Crippen molar-refractivity contribution in [1.29, 1.82) is 0 Å². The Morgan fingerprint density at radius 1 is 1.26 bits per heavy atom. The number of esters is 1. The minimum Gasteiger partial charge on any atom is -0.463 e. The number of nitrogens with two attached hydrogens (primary N) is 1. The number of hydrogen-bond acceptors (Lipinski definition) is 5. The van der Waals surface area contributed by atoms with Gasteiger partial charge in [0.25, 0.3) is 0 Å². The van der Waals surface area contributed by atoms with Gasteiger partial charge in [-0.25, -0.2) is 9.59 Å². The lowest BCUT2D eigenvalue weighted by Crippen LogP contribution is -2.18. The Kier molecular flexibility index (Phi) is 5.94.